The summed E-state index contributed by atoms with van der Waals surface area (Å²) in [7, 11) is -3.60. The fourth-order valence-electron chi connectivity index (χ4n) is 3.40. The van der Waals surface area contributed by atoms with Crippen LogP contribution < -0.4 is 10.1 Å². The zero-order chi connectivity index (χ0) is 23.7. The summed E-state index contributed by atoms with van der Waals surface area (Å²) in [5.41, 5.74) is -1.29. The second-order valence-corrected chi connectivity index (χ2v) is 10.3. The minimum Gasteiger partial charge on any atom is -0.484 e. The van der Waals surface area contributed by atoms with Crippen molar-refractivity contribution in [1.82, 2.24) is 20.4 Å². The maximum absolute atomic E-state index is 12.9. The van der Waals surface area contributed by atoms with E-state index >= 15 is 0 Å². The van der Waals surface area contributed by atoms with Crippen molar-refractivity contribution in [2.24, 2.45) is 0 Å². The summed E-state index contributed by atoms with van der Waals surface area (Å²) in [5, 5.41) is 6.24. The summed E-state index contributed by atoms with van der Waals surface area (Å²) in [6.07, 6.45) is 0.293. The Bertz CT molecular complexity index is 1100. The highest BCUT2D eigenvalue weighted by Crippen LogP contribution is 2.41. The molecule has 176 valence electrons. The van der Waals surface area contributed by atoms with E-state index in [4.69, 9.17) is 9.26 Å². The van der Waals surface area contributed by atoms with E-state index in [0.717, 1.165) is 31.6 Å². The average Bonchev–Trinajstić information content (AvgIpc) is 3.04. The van der Waals surface area contributed by atoms with Crippen molar-refractivity contribution in [1.29, 1.82) is 0 Å². The van der Waals surface area contributed by atoms with Gasteiger partial charge in [0, 0.05) is 31.0 Å². The number of sulfone groups is 1. The molecule has 1 amide bonds. The first-order chi connectivity index (χ1) is 14.8. The Hall–Kier alpha value is -2.70. The fraction of sp³-hybridized carbons (Fsp3) is 0.579. The Morgan fingerprint density at radius 1 is 1.34 bits per heavy atom. The first-order valence-electron chi connectivity index (χ1n) is 9.76. The number of hydrogen-bond acceptors (Lipinski definition) is 8. The summed E-state index contributed by atoms with van der Waals surface area (Å²) in [4.78, 5) is 21.0. The molecular weight excluding hydrogens is 453 g/mol. The summed E-state index contributed by atoms with van der Waals surface area (Å²) in [5.74, 6) is -1.32. The van der Waals surface area contributed by atoms with Crippen LogP contribution in [0.4, 0.5) is 13.2 Å². The van der Waals surface area contributed by atoms with Crippen molar-refractivity contribution in [2.45, 2.75) is 50.7 Å². The average molecular weight is 476 g/mol. The molecule has 2 aromatic heterocycles. The van der Waals surface area contributed by atoms with Gasteiger partial charge in [-0.1, -0.05) is 11.6 Å². The predicted octanol–water partition coefficient (Wildman–Crippen LogP) is 2.67. The van der Waals surface area contributed by atoms with Crippen LogP contribution in [-0.2, 0) is 15.4 Å². The van der Waals surface area contributed by atoms with Crippen LogP contribution in [-0.4, -0.2) is 54.2 Å². The number of aryl methyl sites for hydroxylation is 1. The SMILES string of the molecule is Cc1nc([C@@](C)(CS(C)(=O)=O)NC(=O)c2cc(OCC(F)(F)F)c(C3CCC3)cn2)no1. The molecule has 0 aliphatic heterocycles. The molecule has 2 heterocycles. The number of amides is 1. The summed E-state index contributed by atoms with van der Waals surface area (Å²) >= 11 is 0. The molecule has 0 bridgehead atoms. The Kier molecular flexibility index (Phi) is 6.50. The van der Waals surface area contributed by atoms with Crippen LogP contribution in [0, 0.1) is 6.92 Å². The second-order valence-electron chi connectivity index (χ2n) is 8.13. The maximum Gasteiger partial charge on any atom is 0.422 e. The van der Waals surface area contributed by atoms with E-state index in [1.54, 1.807) is 0 Å². The number of carbonyl (C=O) groups is 1. The summed E-state index contributed by atoms with van der Waals surface area (Å²) in [6.45, 7) is 1.40. The fourth-order valence-corrected chi connectivity index (χ4v) is 4.65. The molecule has 9 nitrogen and oxygen atoms in total. The standard InChI is InChI=1S/C19H23F3N4O5S/c1-11-24-17(26-31-11)18(2,10-32(3,28)29)25-16(27)14-7-15(30-9-19(20,21)22)13(8-23-14)12-5-4-6-12/h7-8,12H,4-6,9-10H2,1-3H3,(H,25,27)/t18-/m1/s1. The predicted molar refractivity (Wildman–Crippen MR) is 106 cm³/mol. The number of rotatable bonds is 8. The van der Waals surface area contributed by atoms with Crippen LogP contribution in [0.5, 0.6) is 5.75 Å². The van der Waals surface area contributed by atoms with Crippen molar-refractivity contribution in [3.8, 4) is 5.75 Å². The van der Waals surface area contributed by atoms with Gasteiger partial charge >= 0.3 is 6.18 Å². The molecule has 0 radical (unpaired) electrons. The number of nitrogens with one attached hydrogen (secondary N) is 1. The van der Waals surface area contributed by atoms with Gasteiger partial charge in [-0.05, 0) is 25.7 Å². The highest BCUT2D eigenvalue weighted by molar-refractivity contribution is 7.90. The lowest BCUT2D eigenvalue weighted by Crippen LogP contribution is -2.49. The lowest BCUT2D eigenvalue weighted by atomic mass is 9.80. The molecule has 13 heteroatoms. The first kappa shape index (κ1) is 24.0. The zero-order valence-corrected chi connectivity index (χ0v) is 18.5. The normalized spacial score (nSPS) is 16.8. The van der Waals surface area contributed by atoms with E-state index in [2.05, 4.69) is 20.4 Å². The number of hydrogen-bond donors (Lipinski definition) is 1. The largest absolute Gasteiger partial charge is 0.484 e. The van der Waals surface area contributed by atoms with E-state index in [-0.39, 0.29) is 29.1 Å². The highest BCUT2D eigenvalue weighted by Gasteiger charge is 2.38. The molecule has 0 unspecified atom stereocenters. The van der Waals surface area contributed by atoms with Gasteiger partial charge in [0.1, 0.15) is 26.8 Å². The Morgan fingerprint density at radius 3 is 2.53 bits per heavy atom. The van der Waals surface area contributed by atoms with Crippen molar-refractivity contribution in [3.63, 3.8) is 0 Å². The molecule has 1 aliphatic rings. The Labute approximate surface area is 182 Å². The highest BCUT2D eigenvalue weighted by atomic mass is 32.2. The van der Waals surface area contributed by atoms with E-state index < -0.39 is 39.8 Å². The summed E-state index contributed by atoms with van der Waals surface area (Å²) in [6, 6.07) is 1.14. The summed E-state index contributed by atoms with van der Waals surface area (Å²) < 4.78 is 71.9. The molecule has 1 fully saturated rings. The number of halogens is 3. The third kappa shape index (κ3) is 5.96. The van der Waals surface area contributed by atoms with E-state index in [0.29, 0.717) is 5.56 Å². The molecule has 1 aliphatic carbocycles. The van der Waals surface area contributed by atoms with Gasteiger partial charge in [-0.15, -0.1) is 0 Å². The number of aromatic nitrogens is 3. The van der Waals surface area contributed by atoms with E-state index in [1.807, 2.05) is 0 Å². The van der Waals surface area contributed by atoms with Gasteiger partial charge in [0.05, 0.1) is 5.75 Å². The third-order valence-corrected chi connectivity index (χ3v) is 6.13. The number of alkyl halides is 3. The van der Waals surface area contributed by atoms with E-state index in [1.165, 1.54) is 20.0 Å². The van der Waals surface area contributed by atoms with Crippen molar-refractivity contribution >= 4 is 15.7 Å². The van der Waals surface area contributed by atoms with E-state index in [9.17, 15) is 26.4 Å². The van der Waals surface area contributed by atoms with Gasteiger partial charge < -0.3 is 14.6 Å². The van der Waals surface area contributed by atoms with Crippen molar-refractivity contribution in [3.05, 3.63) is 35.2 Å². The van der Waals surface area contributed by atoms with Crippen LogP contribution in [0.2, 0.25) is 0 Å². The Morgan fingerprint density at radius 2 is 2.03 bits per heavy atom. The molecule has 32 heavy (non-hydrogen) atoms. The van der Waals surface area contributed by atoms with Gasteiger partial charge in [-0.3, -0.25) is 9.78 Å². The molecule has 1 N–H and O–H groups in total. The molecule has 3 rings (SSSR count). The quantitative estimate of drug-likeness (QED) is 0.617. The van der Waals surface area contributed by atoms with Gasteiger partial charge in [0.25, 0.3) is 5.91 Å². The molecule has 0 spiro atoms. The minimum absolute atomic E-state index is 0.0145. The number of pyridine rings is 1. The monoisotopic (exact) mass is 476 g/mol. The molecule has 2 aromatic rings. The molecule has 1 saturated carbocycles. The topological polar surface area (TPSA) is 124 Å². The van der Waals surface area contributed by atoms with Crippen LogP contribution in [0.15, 0.2) is 16.8 Å². The number of nitrogens with zero attached hydrogens (tertiary/aromatic N) is 3. The first-order valence-corrected chi connectivity index (χ1v) is 11.8. The number of ether oxygens (including phenoxy) is 1. The molecular formula is C19H23F3N4O5S. The second kappa shape index (κ2) is 8.68. The molecule has 1 atom stereocenters. The van der Waals surface area contributed by atoms with Crippen LogP contribution in [0.25, 0.3) is 0 Å². The van der Waals surface area contributed by atoms with Gasteiger partial charge in [-0.2, -0.15) is 18.2 Å². The van der Waals surface area contributed by atoms with Crippen LogP contribution in [0.1, 0.15) is 59.9 Å². The van der Waals surface area contributed by atoms with Gasteiger partial charge in [0.2, 0.25) is 5.89 Å². The van der Waals surface area contributed by atoms with Crippen molar-refractivity contribution < 1.29 is 35.6 Å². The lowest BCUT2D eigenvalue weighted by molar-refractivity contribution is -0.153. The van der Waals surface area contributed by atoms with Crippen molar-refractivity contribution in [2.75, 3.05) is 18.6 Å². The smallest absolute Gasteiger partial charge is 0.422 e. The van der Waals surface area contributed by atoms with Crippen LogP contribution >= 0.6 is 0 Å². The lowest BCUT2D eigenvalue weighted by Gasteiger charge is -2.28. The molecule has 0 saturated heterocycles. The van der Waals surface area contributed by atoms with Gasteiger partial charge in [0.15, 0.2) is 12.4 Å². The van der Waals surface area contributed by atoms with Gasteiger partial charge in [-0.25, -0.2) is 8.42 Å². The zero-order valence-electron chi connectivity index (χ0n) is 17.7. The third-order valence-electron chi connectivity index (χ3n) is 5.03. The van der Waals surface area contributed by atoms with Crippen LogP contribution in [0.3, 0.4) is 0 Å². The molecule has 0 aromatic carbocycles. The maximum atomic E-state index is 12.9. The number of carbonyl (C=O) groups excluding carboxylic acids is 1. The Balaban J connectivity index is 1.90. The minimum atomic E-state index is -4.55.